The maximum Gasteiger partial charge on any atom is 0.408 e. The summed E-state index contributed by atoms with van der Waals surface area (Å²) in [5, 5.41) is 18.5. The number of carbonyl (C=O) groups is 7. The third kappa shape index (κ3) is 20.8. The molecule has 0 spiro atoms. The predicted octanol–water partition coefficient (Wildman–Crippen LogP) is 8.89. The molecule has 6 atom stereocenters. The van der Waals surface area contributed by atoms with Crippen LogP contribution in [0.2, 0.25) is 0 Å². The van der Waals surface area contributed by atoms with Crippen LogP contribution in [0.25, 0.3) is 21.5 Å². The van der Waals surface area contributed by atoms with E-state index in [1.54, 1.807) is 77.9 Å². The van der Waals surface area contributed by atoms with Crippen LogP contribution in [0.1, 0.15) is 112 Å². The smallest absolute Gasteiger partial charge is 0.408 e. The lowest BCUT2D eigenvalue weighted by atomic mass is 9.97. The number of likely N-dealkylation sites (N-methyl/N-ethyl adjacent to an activating group) is 2. The number of hydrogen-bond donors (Lipinski definition) is 6. The lowest BCUT2D eigenvalue weighted by molar-refractivity contribution is -0.143. The first-order valence-electron chi connectivity index (χ1n) is 31.5. The second-order valence-electron chi connectivity index (χ2n) is 25.9. The van der Waals surface area contributed by atoms with Crippen LogP contribution in [0, 0.1) is 11.6 Å². The van der Waals surface area contributed by atoms with Crippen LogP contribution >= 0.6 is 0 Å². The Balaban J connectivity index is 0.000000334. The molecule has 18 nitrogen and oxygen atoms in total. The normalized spacial score (nSPS) is 16.8. The number of halogens is 2. The Bertz CT molecular complexity index is 3500. The Morgan fingerprint density at radius 2 is 0.882 bits per heavy atom. The Morgan fingerprint density at radius 1 is 0.516 bits per heavy atom. The van der Waals surface area contributed by atoms with E-state index in [2.05, 4.69) is 97.0 Å². The van der Waals surface area contributed by atoms with E-state index in [1.165, 1.54) is 38.1 Å². The first-order valence-corrected chi connectivity index (χ1v) is 31.5. The molecule has 2 aliphatic heterocycles. The molecule has 0 aliphatic carbocycles. The van der Waals surface area contributed by atoms with Crippen molar-refractivity contribution >= 4 is 63.1 Å². The van der Waals surface area contributed by atoms with Crippen LogP contribution in [-0.2, 0) is 59.2 Å². The molecule has 6 aromatic rings. The highest BCUT2D eigenvalue weighted by Gasteiger charge is 2.42. The van der Waals surface area contributed by atoms with Crippen LogP contribution in [0.5, 0.6) is 0 Å². The van der Waals surface area contributed by atoms with E-state index in [-0.39, 0.29) is 69.2 Å². The van der Waals surface area contributed by atoms with Gasteiger partial charge in [0.05, 0.1) is 17.6 Å². The number of nitrogens with two attached hydrogens (primary N) is 1. The zero-order chi connectivity index (χ0) is 66.4. The van der Waals surface area contributed by atoms with Gasteiger partial charge in [-0.1, -0.05) is 138 Å². The lowest BCUT2D eigenvalue weighted by Crippen LogP contribution is -2.64. The van der Waals surface area contributed by atoms with Crippen LogP contribution in [-0.4, -0.2) is 167 Å². The second kappa shape index (κ2) is 33.5. The highest BCUT2D eigenvalue weighted by molar-refractivity contribution is 5.94. The Kier molecular flexibility index (Phi) is 27.1. The summed E-state index contributed by atoms with van der Waals surface area (Å²) in [5.41, 5.74) is 6.20. The van der Waals surface area contributed by atoms with Crippen molar-refractivity contribution in [3.8, 4) is 0 Å². The number of rotatable bonds is 21. The van der Waals surface area contributed by atoms with Gasteiger partial charge in [-0.3, -0.25) is 38.6 Å². The van der Waals surface area contributed by atoms with Gasteiger partial charge in [-0.2, -0.15) is 0 Å². The number of fused-ring (bicyclic) bond motifs is 2. The number of carbonyl (C=O) groups excluding carboxylic acids is 7. The molecule has 2 fully saturated rings. The summed E-state index contributed by atoms with van der Waals surface area (Å²) in [6, 6.07) is 37.4. The minimum absolute atomic E-state index is 0. The average Bonchev–Trinajstić information content (AvgIpc) is 0.950. The number of amides is 7. The van der Waals surface area contributed by atoms with Gasteiger partial charge in [-0.25, -0.2) is 13.6 Å². The van der Waals surface area contributed by atoms with Gasteiger partial charge in [0.2, 0.25) is 35.4 Å². The largest absolute Gasteiger partial charge is 0.444 e. The molecule has 2 aliphatic rings. The minimum Gasteiger partial charge on any atom is -0.444 e. The fourth-order valence-corrected chi connectivity index (χ4v) is 11.7. The van der Waals surface area contributed by atoms with E-state index < -0.39 is 64.6 Å². The van der Waals surface area contributed by atoms with Crippen molar-refractivity contribution in [2.45, 2.75) is 169 Å². The van der Waals surface area contributed by atoms with E-state index in [9.17, 15) is 42.3 Å². The number of alkyl carbamates (subject to hydrolysis) is 1. The highest BCUT2D eigenvalue weighted by atomic mass is 19.1. The summed E-state index contributed by atoms with van der Waals surface area (Å²) >= 11 is 0. The second-order valence-corrected chi connectivity index (χ2v) is 25.9. The van der Waals surface area contributed by atoms with Crippen molar-refractivity contribution in [3.05, 3.63) is 167 Å². The molecular weight excluding hydrogens is 1180 g/mol. The minimum atomic E-state index is -1.41. The summed E-state index contributed by atoms with van der Waals surface area (Å²) in [4.78, 5) is 102. The zero-order valence-electron chi connectivity index (χ0n) is 54.5. The number of benzene rings is 6. The Labute approximate surface area is 549 Å². The summed E-state index contributed by atoms with van der Waals surface area (Å²) in [6.07, 6.45) is 1.93. The molecule has 0 aromatic heterocycles. The van der Waals surface area contributed by atoms with E-state index in [0.29, 0.717) is 70.5 Å². The average molecular weight is 1280 g/mol. The number of nitrogens with one attached hydrogen (secondary N) is 5. The molecule has 2 heterocycles. The number of nitrogens with zero attached hydrogens (tertiary/aromatic N) is 4. The quantitative estimate of drug-likeness (QED) is 0.0399. The summed E-state index contributed by atoms with van der Waals surface area (Å²) in [5.74, 6) is -2.45. The van der Waals surface area contributed by atoms with Gasteiger partial charge in [-0.05, 0) is 142 Å². The molecule has 0 saturated carbocycles. The maximum absolute atomic E-state index is 14.3. The topological polar surface area (TPSA) is 228 Å². The van der Waals surface area contributed by atoms with E-state index in [1.807, 2.05) is 43.0 Å². The van der Waals surface area contributed by atoms with Gasteiger partial charge in [0.1, 0.15) is 34.9 Å². The molecule has 7 amide bonds. The van der Waals surface area contributed by atoms with Crippen LogP contribution < -0.4 is 32.3 Å². The number of piperazine rings is 2. The van der Waals surface area contributed by atoms with Crippen molar-refractivity contribution in [2.75, 3.05) is 53.4 Å². The van der Waals surface area contributed by atoms with Crippen molar-refractivity contribution in [2.24, 2.45) is 5.73 Å². The summed E-state index contributed by atoms with van der Waals surface area (Å²) in [6.45, 7) is 18.1. The predicted molar refractivity (Wildman–Crippen MR) is 365 cm³/mol. The van der Waals surface area contributed by atoms with E-state index >= 15 is 0 Å². The van der Waals surface area contributed by atoms with Crippen molar-refractivity contribution < 1.29 is 47.1 Å². The molecule has 7 N–H and O–H groups in total. The van der Waals surface area contributed by atoms with Crippen LogP contribution in [0.15, 0.2) is 133 Å². The van der Waals surface area contributed by atoms with Gasteiger partial charge >= 0.3 is 6.09 Å². The summed E-state index contributed by atoms with van der Waals surface area (Å²) in [7, 11) is 3.28. The van der Waals surface area contributed by atoms with E-state index in [4.69, 9.17) is 10.5 Å². The van der Waals surface area contributed by atoms with Gasteiger partial charge in [0.15, 0.2) is 0 Å². The Morgan fingerprint density at radius 3 is 1.24 bits per heavy atom. The third-order valence-corrected chi connectivity index (χ3v) is 16.9. The van der Waals surface area contributed by atoms with Crippen molar-refractivity contribution in [3.63, 3.8) is 0 Å². The van der Waals surface area contributed by atoms with Gasteiger partial charge in [0.25, 0.3) is 0 Å². The molecule has 20 heteroatoms. The molecule has 0 bridgehead atoms. The molecule has 2 saturated heterocycles. The standard InChI is InChI=1S/C38H50FN5O5.C33H42FN5O3.2CH4/c1-8-30-24-43(32(33(45)40-7)23-26-13-16-27-11-9-10-12-28(27)21-26)19-20-44(30)34(46)31(22-25-14-17-29(39)18-15-25)41-35(47)38(5,6)42-36(48)49-37(2,3)4;1-5-27-21-38(29(30(40)36-4)20-23-10-13-24-8-6-7-9-25(24)18-23)16-17-39(27)31(41)28(37-32(42)33(2,3)35)19-22-11-14-26(34)15-12-22;;/h9-18,21,30-32H,8,19-20,22-24H2,1-7H3,(H,40,45)(H,41,47)(H,42,48);6-15,18,27-29H,5,16-17,19-21,35H2,1-4H3,(H,36,40)(H,37,42);2*1H4/t30-,31+,32-;27-,28+,29-;;/m00../s1. The fourth-order valence-electron chi connectivity index (χ4n) is 11.7. The number of hydrogen-bond acceptors (Lipinski definition) is 11. The van der Waals surface area contributed by atoms with Gasteiger partial charge in [-0.15, -0.1) is 0 Å². The SMILES string of the molecule is C.C.CC[C@H]1CN([C@@H](Cc2ccc3ccccc3c2)C(=O)NC)CCN1C(=O)[C@@H](Cc1ccc(F)cc1)NC(=O)C(C)(C)N.CC[C@H]1CN([C@@H](Cc2ccc3ccccc3c2)C(=O)NC)CCN1C(=O)[C@@H](Cc1ccc(F)cc1)NC(=O)C(C)(C)NC(=O)OC(C)(C)C. The highest BCUT2D eigenvalue weighted by Crippen LogP contribution is 2.26. The molecule has 0 radical (unpaired) electrons. The van der Waals surface area contributed by atoms with Crippen molar-refractivity contribution in [1.82, 2.24) is 46.2 Å². The van der Waals surface area contributed by atoms with Crippen molar-refractivity contribution in [1.29, 1.82) is 0 Å². The monoisotopic (exact) mass is 1280 g/mol. The zero-order valence-corrected chi connectivity index (χ0v) is 54.5. The van der Waals surface area contributed by atoms with Gasteiger partial charge in [0, 0.05) is 78.3 Å². The lowest BCUT2D eigenvalue weighted by Gasteiger charge is -2.45. The first-order chi connectivity index (χ1) is 43.1. The molecule has 0 unspecified atom stereocenters. The molecule has 6 aromatic carbocycles. The molecule has 93 heavy (non-hydrogen) atoms. The molecular formula is C73H100F2N10O8. The van der Waals surface area contributed by atoms with Crippen LogP contribution in [0.3, 0.4) is 0 Å². The Hall–Kier alpha value is -8.33. The molecule has 8 rings (SSSR count). The van der Waals surface area contributed by atoms with Gasteiger partial charge < -0.3 is 46.9 Å². The molecule has 504 valence electrons. The van der Waals surface area contributed by atoms with Crippen LogP contribution in [0.4, 0.5) is 13.6 Å². The first kappa shape index (κ1) is 75.4. The number of ether oxygens (including phenoxy) is 1. The maximum atomic E-state index is 14.3. The summed E-state index contributed by atoms with van der Waals surface area (Å²) < 4.78 is 32.6. The van der Waals surface area contributed by atoms with E-state index in [0.717, 1.165) is 38.2 Å². The third-order valence-electron chi connectivity index (χ3n) is 16.9. The fraction of sp³-hybridized carbons (Fsp3) is 0.466.